The topological polar surface area (TPSA) is 99.1 Å². The minimum absolute atomic E-state index is 0.263. The fraction of sp³-hybridized carbons (Fsp3) is 0.467. The van der Waals surface area contributed by atoms with E-state index in [1.54, 1.807) is 12.1 Å². The number of sulfone groups is 1. The van der Waals surface area contributed by atoms with Crippen LogP contribution in [0.3, 0.4) is 0 Å². The van der Waals surface area contributed by atoms with Crippen molar-refractivity contribution in [2.75, 3.05) is 6.26 Å². The van der Waals surface area contributed by atoms with Crippen molar-refractivity contribution in [3.8, 4) is 11.5 Å². The van der Waals surface area contributed by atoms with E-state index in [1.165, 1.54) is 24.8 Å². The molecule has 3 rings (SSSR count). The van der Waals surface area contributed by atoms with Gasteiger partial charge < -0.3 is 10.3 Å². The molecule has 1 heterocycles. The number of hydrogen-bond donors (Lipinski definition) is 1. The lowest BCUT2D eigenvalue weighted by atomic mass is 9.82. The molecule has 0 saturated heterocycles. The Morgan fingerprint density at radius 3 is 2.36 bits per heavy atom. The second-order valence-electron chi connectivity index (χ2n) is 5.94. The molecule has 1 aliphatic rings. The summed E-state index contributed by atoms with van der Waals surface area (Å²) in [5.74, 6) is 0.903. The first kappa shape index (κ1) is 15.2. The first-order valence-corrected chi connectivity index (χ1v) is 9.21. The summed E-state index contributed by atoms with van der Waals surface area (Å²) in [6, 6.07) is 6.40. The Morgan fingerprint density at radius 1 is 1.14 bits per heavy atom. The molecule has 0 bridgehead atoms. The van der Waals surface area contributed by atoms with Crippen LogP contribution in [0, 0.1) is 0 Å². The van der Waals surface area contributed by atoms with Crippen molar-refractivity contribution in [2.24, 2.45) is 5.73 Å². The zero-order chi connectivity index (χ0) is 15.8. The van der Waals surface area contributed by atoms with Gasteiger partial charge in [-0.3, -0.25) is 0 Å². The molecule has 0 unspecified atom stereocenters. The summed E-state index contributed by atoms with van der Waals surface area (Å²) in [5.41, 5.74) is 6.57. The Balaban J connectivity index is 1.87. The van der Waals surface area contributed by atoms with Gasteiger partial charge >= 0.3 is 0 Å². The average Bonchev–Trinajstić information content (AvgIpc) is 2.98. The van der Waals surface area contributed by atoms with Gasteiger partial charge in [0.05, 0.1) is 10.4 Å². The smallest absolute Gasteiger partial charge is 0.257 e. The first-order chi connectivity index (χ1) is 10.4. The van der Waals surface area contributed by atoms with Gasteiger partial charge in [-0.2, -0.15) is 4.98 Å². The van der Waals surface area contributed by atoms with Crippen molar-refractivity contribution in [3.63, 3.8) is 0 Å². The molecule has 0 spiro atoms. The number of hydrogen-bond acceptors (Lipinski definition) is 6. The summed E-state index contributed by atoms with van der Waals surface area (Å²) in [6.45, 7) is 0. The Labute approximate surface area is 129 Å². The van der Waals surface area contributed by atoms with Crippen LogP contribution >= 0.6 is 0 Å². The zero-order valence-electron chi connectivity index (χ0n) is 12.4. The maximum Gasteiger partial charge on any atom is 0.257 e. The van der Waals surface area contributed by atoms with Gasteiger partial charge in [0.1, 0.15) is 0 Å². The van der Waals surface area contributed by atoms with E-state index < -0.39 is 15.4 Å². The molecule has 1 fully saturated rings. The van der Waals surface area contributed by atoms with E-state index in [0.717, 1.165) is 25.7 Å². The minimum atomic E-state index is -3.21. The van der Waals surface area contributed by atoms with Crippen molar-refractivity contribution in [2.45, 2.75) is 42.5 Å². The molecule has 0 amide bonds. The van der Waals surface area contributed by atoms with Gasteiger partial charge in [0.2, 0.25) is 0 Å². The monoisotopic (exact) mass is 321 g/mol. The highest BCUT2D eigenvalue weighted by Crippen LogP contribution is 2.34. The number of nitrogens with two attached hydrogens (primary N) is 1. The van der Waals surface area contributed by atoms with Gasteiger partial charge in [0.25, 0.3) is 5.89 Å². The SMILES string of the molecule is CS(=O)(=O)c1ccc(-c2nc(C3(N)CCCCC3)no2)cc1. The molecule has 118 valence electrons. The predicted molar refractivity (Wildman–Crippen MR) is 81.8 cm³/mol. The van der Waals surface area contributed by atoms with Crippen molar-refractivity contribution in [1.29, 1.82) is 0 Å². The summed E-state index contributed by atoms with van der Waals surface area (Å²) in [5, 5.41) is 4.03. The third-order valence-electron chi connectivity index (χ3n) is 4.15. The molecule has 6 nitrogen and oxygen atoms in total. The third kappa shape index (κ3) is 2.91. The summed E-state index contributed by atoms with van der Waals surface area (Å²) in [6.07, 6.45) is 6.23. The maximum absolute atomic E-state index is 11.5. The summed E-state index contributed by atoms with van der Waals surface area (Å²) in [4.78, 5) is 4.68. The Kier molecular flexibility index (Phi) is 3.78. The van der Waals surface area contributed by atoms with Gasteiger partial charge in [0.15, 0.2) is 15.7 Å². The highest BCUT2D eigenvalue weighted by molar-refractivity contribution is 7.90. The number of rotatable bonds is 3. The lowest BCUT2D eigenvalue weighted by molar-refractivity contribution is 0.275. The highest BCUT2D eigenvalue weighted by Gasteiger charge is 2.34. The Morgan fingerprint density at radius 2 is 1.77 bits per heavy atom. The highest BCUT2D eigenvalue weighted by atomic mass is 32.2. The van der Waals surface area contributed by atoms with Gasteiger partial charge in [-0.15, -0.1) is 0 Å². The Bertz CT molecular complexity index is 760. The van der Waals surface area contributed by atoms with E-state index in [9.17, 15) is 8.42 Å². The van der Waals surface area contributed by atoms with E-state index >= 15 is 0 Å². The molecule has 7 heteroatoms. The van der Waals surface area contributed by atoms with E-state index in [-0.39, 0.29) is 4.90 Å². The van der Waals surface area contributed by atoms with Crippen molar-refractivity contribution in [1.82, 2.24) is 10.1 Å². The van der Waals surface area contributed by atoms with Crippen LogP contribution in [-0.2, 0) is 15.4 Å². The molecular weight excluding hydrogens is 302 g/mol. The van der Waals surface area contributed by atoms with Crippen LogP contribution in [0.4, 0.5) is 0 Å². The summed E-state index contributed by atoms with van der Waals surface area (Å²) < 4.78 is 28.2. The molecule has 1 aliphatic carbocycles. The molecule has 0 radical (unpaired) electrons. The molecule has 0 atom stereocenters. The van der Waals surface area contributed by atoms with Crippen LogP contribution in [0.15, 0.2) is 33.7 Å². The maximum atomic E-state index is 11.5. The van der Waals surface area contributed by atoms with E-state index in [2.05, 4.69) is 10.1 Å². The van der Waals surface area contributed by atoms with Crippen LogP contribution in [0.25, 0.3) is 11.5 Å². The molecule has 1 saturated carbocycles. The van der Waals surface area contributed by atoms with Gasteiger partial charge in [-0.05, 0) is 37.1 Å². The van der Waals surface area contributed by atoms with Crippen LogP contribution in [0.5, 0.6) is 0 Å². The predicted octanol–water partition coefficient (Wildman–Crippen LogP) is 2.26. The molecule has 0 aliphatic heterocycles. The first-order valence-electron chi connectivity index (χ1n) is 7.32. The largest absolute Gasteiger partial charge is 0.334 e. The van der Waals surface area contributed by atoms with E-state index in [1.807, 2.05) is 0 Å². The average molecular weight is 321 g/mol. The summed E-state index contributed by atoms with van der Waals surface area (Å²) in [7, 11) is -3.21. The Hall–Kier alpha value is -1.73. The third-order valence-corrected chi connectivity index (χ3v) is 5.28. The van der Waals surface area contributed by atoms with E-state index in [0.29, 0.717) is 17.3 Å². The lowest BCUT2D eigenvalue weighted by Crippen LogP contribution is -2.39. The van der Waals surface area contributed by atoms with E-state index in [4.69, 9.17) is 10.3 Å². The number of aromatic nitrogens is 2. The number of benzene rings is 1. The van der Waals surface area contributed by atoms with Crippen molar-refractivity contribution in [3.05, 3.63) is 30.1 Å². The van der Waals surface area contributed by atoms with Crippen molar-refractivity contribution < 1.29 is 12.9 Å². The molecular formula is C15H19N3O3S. The van der Waals surface area contributed by atoms with Gasteiger partial charge in [0, 0.05) is 11.8 Å². The lowest BCUT2D eigenvalue weighted by Gasteiger charge is -2.29. The second kappa shape index (κ2) is 5.48. The molecule has 1 aromatic heterocycles. The normalized spacial score (nSPS) is 18.3. The molecule has 2 N–H and O–H groups in total. The minimum Gasteiger partial charge on any atom is -0.334 e. The molecule has 1 aromatic carbocycles. The fourth-order valence-electron chi connectivity index (χ4n) is 2.79. The van der Waals surface area contributed by atoms with Crippen LogP contribution < -0.4 is 5.73 Å². The van der Waals surface area contributed by atoms with Crippen molar-refractivity contribution >= 4 is 9.84 Å². The van der Waals surface area contributed by atoms with Crippen LogP contribution in [0.2, 0.25) is 0 Å². The standard InChI is InChI=1S/C15H19N3O3S/c1-22(19,20)12-7-5-11(6-8-12)13-17-14(18-21-13)15(16)9-3-2-4-10-15/h5-8H,2-4,9-10,16H2,1H3. The molecule has 2 aromatic rings. The van der Waals surface area contributed by atoms with Gasteiger partial charge in [-0.25, -0.2) is 8.42 Å². The number of nitrogens with zero attached hydrogens (tertiary/aromatic N) is 2. The van der Waals surface area contributed by atoms with Gasteiger partial charge in [-0.1, -0.05) is 24.4 Å². The van der Waals surface area contributed by atoms with Crippen LogP contribution in [0.1, 0.15) is 37.9 Å². The summed E-state index contributed by atoms with van der Waals surface area (Å²) >= 11 is 0. The quantitative estimate of drug-likeness (QED) is 0.931. The van der Waals surface area contributed by atoms with Crippen LogP contribution in [-0.4, -0.2) is 24.8 Å². The fourth-order valence-corrected chi connectivity index (χ4v) is 3.42. The molecule has 22 heavy (non-hydrogen) atoms. The zero-order valence-corrected chi connectivity index (χ0v) is 13.3. The second-order valence-corrected chi connectivity index (χ2v) is 7.95.